The Morgan fingerprint density at radius 2 is 2.10 bits per heavy atom. The summed E-state index contributed by atoms with van der Waals surface area (Å²) < 4.78 is 20.8. The van der Waals surface area contributed by atoms with E-state index in [2.05, 4.69) is 0 Å². The molecule has 0 aliphatic carbocycles. The molecule has 0 aromatic rings. The van der Waals surface area contributed by atoms with E-state index < -0.39 is 10.7 Å². The maximum absolute atomic E-state index is 10.4. The summed E-state index contributed by atoms with van der Waals surface area (Å²) in [6.45, 7) is 1.92. The Kier molecular flexibility index (Phi) is 5.63. The quantitative estimate of drug-likeness (QED) is 0.572. The standard InChI is InChI=1S/C6H14O3S/c1-2-6(10(8)9)4-3-5-7/h6-7,10H,2-5H2,1H3. The summed E-state index contributed by atoms with van der Waals surface area (Å²) in [5.41, 5.74) is 0. The van der Waals surface area contributed by atoms with Crippen molar-refractivity contribution in [3.8, 4) is 0 Å². The van der Waals surface area contributed by atoms with E-state index in [9.17, 15) is 8.42 Å². The Labute approximate surface area is 63.0 Å². The number of aliphatic hydroxyl groups excluding tert-OH is 1. The predicted octanol–water partition coefficient (Wildman–Crippen LogP) is 0.149. The van der Waals surface area contributed by atoms with Crippen molar-refractivity contribution in [3.63, 3.8) is 0 Å². The van der Waals surface area contributed by atoms with Gasteiger partial charge in [-0.2, -0.15) is 0 Å². The number of thiol groups is 1. The highest BCUT2D eigenvalue weighted by atomic mass is 32.2. The van der Waals surface area contributed by atoms with Crippen LogP contribution in [-0.4, -0.2) is 25.4 Å². The number of hydrogen-bond donors (Lipinski definition) is 2. The van der Waals surface area contributed by atoms with Gasteiger partial charge in [0.2, 0.25) is 0 Å². The van der Waals surface area contributed by atoms with Gasteiger partial charge in [0.25, 0.3) is 0 Å². The summed E-state index contributed by atoms with van der Waals surface area (Å²) in [7, 11) is -2.29. The summed E-state index contributed by atoms with van der Waals surface area (Å²) in [5, 5.41) is 8.16. The Hall–Kier alpha value is -0.0900. The van der Waals surface area contributed by atoms with Gasteiger partial charge in [0.05, 0.1) is 5.25 Å². The lowest BCUT2D eigenvalue weighted by Crippen LogP contribution is -2.08. The second kappa shape index (κ2) is 5.68. The molecule has 0 heterocycles. The van der Waals surface area contributed by atoms with Crippen molar-refractivity contribution in [2.45, 2.75) is 31.4 Å². The van der Waals surface area contributed by atoms with E-state index in [1.54, 1.807) is 0 Å². The van der Waals surface area contributed by atoms with Gasteiger partial charge in [-0.3, -0.25) is 0 Å². The molecule has 0 bridgehead atoms. The van der Waals surface area contributed by atoms with Gasteiger partial charge in [0, 0.05) is 6.61 Å². The van der Waals surface area contributed by atoms with E-state index in [1.807, 2.05) is 6.92 Å². The minimum atomic E-state index is -2.29. The van der Waals surface area contributed by atoms with Gasteiger partial charge in [0.15, 0.2) is 0 Å². The molecule has 1 atom stereocenters. The van der Waals surface area contributed by atoms with Crippen molar-refractivity contribution >= 4 is 10.7 Å². The largest absolute Gasteiger partial charge is 0.396 e. The fourth-order valence-corrected chi connectivity index (χ4v) is 1.48. The molecule has 1 unspecified atom stereocenters. The van der Waals surface area contributed by atoms with Crippen LogP contribution in [0.15, 0.2) is 0 Å². The molecule has 4 heteroatoms. The first-order valence-corrected chi connectivity index (χ1v) is 4.71. The minimum absolute atomic E-state index is 0.0830. The second-order valence-electron chi connectivity index (χ2n) is 2.21. The molecule has 0 saturated heterocycles. The molecular formula is C6H14O3S. The van der Waals surface area contributed by atoms with Crippen molar-refractivity contribution < 1.29 is 13.5 Å². The molecule has 0 amide bonds. The van der Waals surface area contributed by atoms with E-state index in [0.717, 1.165) is 0 Å². The Bertz CT molecular complexity index is 134. The molecule has 0 aliphatic rings. The summed E-state index contributed by atoms with van der Waals surface area (Å²) in [5.74, 6) is 0. The monoisotopic (exact) mass is 166 g/mol. The van der Waals surface area contributed by atoms with E-state index in [-0.39, 0.29) is 11.9 Å². The molecule has 0 saturated carbocycles. The highest BCUT2D eigenvalue weighted by molar-refractivity contribution is 7.73. The SMILES string of the molecule is CCC(CCCO)[SH](=O)=O. The van der Waals surface area contributed by atoms with Crippen molar-refractivity contribution in [2.24, 2.45) is 0 Å². The first kappa shape index (κ1) is 9.91. The average molecular weight is 166 g/mol. The molecule has 0 aliphatic heterocycles. The van der Waals surface area contributed by atoms with E-state index in [1.165, 1.54) is 0 Å². The van der Waals surface area contributed by atoms with Crippen LogP contribution in [0.2, 0.25) is 0 Å². The third-order valence-corrected chi connectivity index (χ3v) is 2.68. The van der Waals surface area contributed by atoms with Crippen LogP contribution in [0.5, 0.6) is 0 Å². The summed E-state index contributed by atoms with van der Waals surface area (Å²) in [6.07, 6.45) is 1.83. The third kappa shape index (κ3) is 3.85. The molecule has 62 valence electrons. The molecule has 3 nitrogen and oxygen atoms in total. The lowest BCUT2D eigenvalue weighted by atomic mass is 10.2. The minimum Gasteiger partial charge on any atom is -0.396 e. The first-order chi connectivity index (χ1) is 4.72. The topological polar surface area (TPSA) is 54.4 Å². The van der Waals surface area contributed by atoms with Gasteiger partial charge in [-0.25, -0.2) is 8.42 Å². The Morgan fingerprint density at radius 1 is 1.50 bits per heavy atom. The van der Waals surface area contributed by atoms with Crippen molar-refractivity contribution in [1.29, 1.82) is 0 Å². The number of aliphatic hydroxyl groups is 1. The molecule has 0 aromatic heterocycles. The predicted molar refractivity (Wildman–Crippen MR) is 40.7 cm³/mol. The van der Waals surface area contributed by atoms with Crippen LogP contribution >= 0.6 is 0 Å². The van der Waals surface area contributed by atoms with Crippen molar-refractivity contribution in [2.75, 3.05) is 6.61 Å². The van der Waals surface area contributed by atoms with Gasteiger partial charge in [-0.1, -0.05) is 6.92 Å². The average Bonchev–Trinajstić information content (AvgIpc) is 1.89. The maximum Gasteiger partial charge on any atom is 0.143 e. The number of hydrogen-bond acceptors (Lipinski definition) is 3. The normalized spacial score (nSPS) is 13.9. The van der Waals surface area contributed by atoms with Gasteiger partial charge in [0.1, 0.15) is 10.7 Å². The highest BCUT2D eigenvalue weighted by Gasteiger charge is 2.06. The van der Waals surface area contributed by atoms with Gasteiger partial charge >= 0.3 is 0 Å². The summed E-state index contributed by atoms with van der Waals surface area (Å²) in [4.78, 5) is 0. The van der Waals surface area contributed by atoms with E-state index in [4.69, 9.17) is 5.11 Å². The fraction of sp³-hybridized carbons (Fsp3) is 1.00. The molecule has 1 N–H and O–H groups in total. The zero-order valence-corrected chi connectivity index (χ0v) is 7.01. The molecule has 0 fully saturated rings. The molecule has 0 rings (SSSR count). The van der Waals surface area contributed by atoms with Crippen LogP contribution in [0.3, 0.4) is 0 Å². The van der Waals surface area contributed by atoms with Crippen LogP contribution in [0, 0.1) is 0 Å². The van der Waals surface area contributed by atoms with Crippen molar-refractivity contribution in [3.05, 3.63) is 0 Å². The lowest BCUT2D eigenvalue weighted by molar-refractivity contribution is 0.283. The van der Waals surface area contributed by atoms with E-state index >= 15 is 0 Å². The lowest BCUT2D eigenvalue weighted by Gasteiger charge is -2.03. The fourth-order valence-electron chi connectivity index (χ4n) is 0.786. The molecule has 10 heavy (non-hydrogen) atoms. The molecular weight excluding hydrogens is 152 g/mol. The first-order valence-electron chi connectivity index (χ1n) is 3.46. The summed E-state index contributed by atoms with van der Waals surface area (Å²) >= 11 is 0. The van der Waals surface area contributed by atoms with Crippen LogP contribution in [0.25, 0.3) is 0 Å². The molecule has 0 radical (unpaired) electrons. The summed E-state index contributed by atoms with van der Waals surface area (Å²) in [6, 6.07) is 0. The Morgan fingerprint density at radius 3 is 2.40 bits per heavy atom. The van der Waals surface area contributed by atoms with Gasteiger partial charge < -0.3 is 5.11 Å². The van der Waals surface area contributed by atoms with Crippen molar-refractivity contribution in [1.82, 2.24) is 0 Å². The van der Waals surface area contributed by atoms with Crippen LogP contribution in [0.1, 0.15) is 26.2 Å². The number of rotatable bonds is 5. The Balaban J connectivity index is 3.61. The molecule has 0 spiro atoms. The molecule has 0 aromatic carbocycles. The van der Waals surface area contributed by atoms with Crippen LogP contribution in [-0.2, 0) is 10.7 Å². The third-order valence-electron chi connectivity index (χ3n) is 1.46. The van der Waals surface area contributed by atoms with E-state index in [0.29, 0.717) is 19.3 Å². The smallest absolute Gasteiger partial charge is 0.143 e. The zero-order valence-electron chi connectivity index (χ0n) is 6.12. The maximum atomic E-state index is 10.4. The second-order valence-corrected chi connectivity index (χ2v) is 3.51. The zero-order chi connectivity index (χ0) is 7.98. The highest BCUT2D eigenvalue weighted by Crippen LogP contribution is 2.04. The van der Waals surface area contributed by atoms with Gasteiger partial charge in [-0.05, 0) is 19.3 Å². The van der Waals surface area contributed by atoms with Crippen LogP contribution < -0.4 is 0 Å². The van der Waals surface area contributed by atoms with Gasteiger partial charge in [-0.15, -0.1) is 0 Å². The van der Waals surface area contributed by atoms with Crippen LogP contribution in [0.4, 0.5) is 0 Å².